The molecule has 0 saturated carbocycles. The number of aryl methyl sites for hydroxylation is 3. The Bertz CT molecular complexity index is 1370. The maximum atomic E-state index is 14.7. The third-order valence-corrected chi connectivity index (χ3v) is 6.11. The molecule has 0 saturated heterocycles. The van der Waals surface area contributed by atoms with Crippen LogP contribution in [0.4, 0.5) is 17.6 Å². The van der Waals surface area contributed by atoms with Crippen molar-refractivity contribution in [3.05, 3.63) is 118 Å². The van der Waals surface area contributed by atoms with Crippen molar-refractivity contribution < 1.29 is 17.6 Å². The van der Waals surface area contributed by atoms with Gasteiger partial charge in [0.15, 0.2) is 11.6 Å². The van der Waals surface area contributed by atoms with E-state index in [0.29, 0.717) is 34.7 Å². The van der Waals surface area contributed by atoms with Crippen molar-refractivity contribution in [1.29, 1.82) is 0 Å². The molecule has 4 rings (SSSR count). The van der Waals surface area contributed by atoms with Crippen molar-refractivity contribution in [2.45, 2.75) is 45.4 Å². The quantitative estimate of drug-likeness (QED) is 0.144. The average molecular weight is 475 g/mol. The van der Waals surface area contributed by atoms with E-state index in [-0.39, 0.29) is 5.56 Å². The van der Waals surface area contributed by atoms with E-state index < -0.39 is 23.3 Å². The molecule has 0 unspecified atom stereocenters. The van der Waals surface area contributed by atoms with Crippen LogP contribution in [0.5, 0.6) is 0 Å². The molecule has 0 N–H and O–H groups in total. The van der Waals surface area contributed by atoms with E-state index in [1.54, 1.807) is 18.2 Å². The van der Waals surface area contributed by atoms with Crippen molar-refractivity contribution in [1.82, 2.24) is 0 Å². The fourth-order valence-corrected chi connectivity index (χ4v) is 4.08. The Kier molecular flexibility index (Phi) is 7.87. The van der Waals surface area contributed by atoms with Crippen molar-refractivity contribution in [3.8, 4) is 11.8 Å². The molecule has 178 valence electrons. The molecule has 0 bridgehead atoms. The summed E-state index contributed by atoms with van der Waals surface area (Å²) in [5, 5.41) is 0.975. The van der Waals surface area contributed by atoms with E-state index in [0.717, 1.165) is 24.1 Å². The van der Waals surface area contributed by atoms with Crippen LogP contribution in [0.2, 0.25) is 0 Å². The van der Waals surface area contributed by atoms with Gasteiger partial charge >= 0.3 is 0 Å². The van der Waals surface area contributed by atoms with Crippen LogP contribution < -0.4 is 0 Å². The Morgan fingerprint density at radius 3 is 1.80 bits per heavy atom. The van der Waals surface area contributed by atoms with E-state index in [4.69, 9.17) is 0 Å². The number of hydrogen-bond acceptors (Lipinski definition) is 0. The van der Waals surface area contributed by atoms with E-state index in [1.165, 1.54) is 37.0 Å². The predicted molar refractivity (Wildman–Crippen MR) is 133 cm³/mol. The molecule has 0 heterocycles. The number of rotatable bonds is 7. The molecule has 35 heavy (non-hydrogen) atoms. The third-order valence-electron chi connectivity index (χ3n) is 6.11. The molecule has 4 aromatic rings. The summed E-state index contributed by atoms with van der Waals surface area (Å²) in [6, 6.07) is 18.0. The molecule has 0 atom stereocenters. The predicted octanol–water partition coefficient (Wildman–Crippen LogP) is 8.31. The zero-order chi connectivity index (χ0) is 24.8. The molecule has 0 aliphatic carbocycles. The monoisotopic (exact) mass is 474 g/mol. The van der Waals surface area contributed by atoms with Crippen LogP contribution in [0.15, 0.2) is 66.7 Å². The van der Waals surface area contributed by atoms with Gasteiger partial charge in [0.05, 0.1) is 5.56 Å². The van der Waals surface area contributed by atoms with Crippen LogP contribution in [0.25, 0.3) is 10.8 Å². The van der Waals surface area contributed by atoms with E-state index in [1.807, 2.05) is 0 Å². The van der Waals surface area contributed by atoms with Crippen molar-refractivity contribution in [3.63, 3.8) is 0 Å². The first-order valence-electron chi connectivity index (χ1n) is 11.9. The molecule has 0 fully saturated rings. The lowest BCUT2D eigenvalue weighted by Crippen LogP contribution is -1.98. The highest BCUT2D eigenvalue weighted by Crippen LogP contribution is 2.21. The van der Waals surface area contributed by atoms with Crippen molar-refractivity contribution in [2.75, 3.05) is 0 Å². The molecular weight excluding hydrogens is 448 g/mol. The topological polar surface area (TPSA) is 0 Å². The average Bonchev–Trinajstić information content (AvgIpc) is 2.84. The van der Waals surface area contributed by atoms with Gasteiger partial charge in [-0.05, 0) is 89.5 Å². The first kappa shape index (κ1) is 24.5. The van der Waals surface area contributed by atoms with E-state index in [9.17, 15) is 17.6 Å². The van der Waals surface area contributed by atoms with Crippen LogP contribution in [-0.2, 0) is 19.3 Å². The van der Waals surface area contributed by atoms with Crippen LogP contribution in [0, 0.1) is 35.1 Å². The van der Waals surface area contributed by atoms with Gasteiger partial charge in [-0.3, -0.25) is 0 Å². The van der Waals surface area contributed by atoms with Gasteiger partial charge in [-0.1, -0.05) is 61.9 Å². The minimum absolute atomic E-state index is 0.310. The fourth-order valence-electron chi connectivity index (χ4n) is 4.08. The summed E-state index contributed by atoms with van der Waals surface area (Å²) in [4.78, 5) is 0. The van der Waals surface area contributed by atoms with Gasteiger partial charge in [-0.2, -0.15) is 0 Å². The SMILES string of the molecule is CCCCCc1ccc(CCc2cc(F)c(C#Cc3ccc4cc(F)c(F)cc4c3)c(F)c2)cc1. The molecule has 4 aromatic carbocycles. The highest BCUT2D eigenvalue weighted by atomic mass is 19.2. The molecule has 0 nitrogen and oxygen atoms in total. The molecule has 4 heteroatoms. The maximum Gasteiger partial charge on any atom is 0.159 e. The number of fused-ring (bicyclic) bond motifs is 1. The number of halogens is 4. The van der Waals surface area contributed by atoms with E-state index in [2.05, 4.69) is 43.0 Å². The lowest BCUT2D eigenvalue weighted by Gasteiger charge is -2.06. The summed E-state index contributed by atoms with van der Waals surface area (Å²) in [5.41, 5.74) is 3.15. The highest BCUT2D eigenvalue weighted by molar-refractivity contribution is 5.84. The maximum absolute atomic E-state index is 14.7. The Morgan fingerprint density at radius 2 is 1.14 bits per heavy atom. The summed E-state index contributed by atoms with van der Waals surface area (Å²) < 4.78 is 56.2. The molecule has 0 radical (unpaired) electrons. The van der Waals surface area contributed by atoms with Gasteiger partial charge in [0, 0.05) is 5.56 Å². The number of benzene rings is 4. The minimum Gasteiger partial charge on any atom is -0.206 e. The second kappa shape index (κ2) is 11.2. The molecule has 0 aliphatic rings. The van der Waals surface area contributed by atoms with Gasteiger partial charge < -0.3 is 0 Å². The molecule has 0 spiro atoms. The van der Waals surface area contributed by atoms with Crippen LogP contribution >= 0.6 is 0 Å². The molecule has 0 aromatic heterocycles. The van der Waals surface area contributed by atoms with E-state index >= 15 is 0 Å². The Labute approximate surface area is 203 Å². The lowest BCUT2D eigenvalue weighted by atomic mass is 10.00. The molecular formula is C31H26F4. The zero-order valence-electron chi connectivity index (χ0n) is 19.6. The van der Waals surface area contributed by atoms with Crippen molar-refractivity contribution in [2.24, 2.45) is 0 Å². The number of hydrogen-bond donors (Lipinski definition) is 0. The second-order valence-electron chi connectivity index (χ2n) is 8.79. The minimum atomic E-state index is -0.960. The number of unbranched alkanes of at least 4 members (excludes halogenated alkanes) is 2. The Hall–Kier alpha value is -3.58. The Balaban J connectivity index is 1.44. The van der Waals surface area contributed by atoms with Crippen molar-refractivity contribution >= 4 is 10.8 Å². The first-order chi connectivity index (χ1) is 16.9. The summed E-state index contributed by atoms with van der Waals surface area (Å²) in [5.74, 6) is 1.95. The van der Waals surface area contributed by atoms with Gasteiger partial charge in [-0.25, -0.2) is 17.6 Å². The van der Waals surface area contributed by atoms with Gasteiger partial charge in [-0.15, -0.1) is 0 Å². The third kappa shape index (κ3) is 6.31. The van der Waals surface area contributed by atoms with Gasteiger partial charge in [0.2, 0.25) is 0 Å². The largest absolute Gasteiger partial charge is 0.206 e. The molecule has 0 aliphatic heterocycles. The lowest BCUT2D eigenvalue weighted by molar-refractivity contribution is 0.511. The summed E-state index contributed by atoms with van der Waals surface area (Å²) >= 11 is 0. The highest BCUT2D eigenvalue weighted by Gasteiger charge is 2.10. The standard InChI is InChI=1S/C31H26F4/c1-2-3-4-5-21-6-8-22(9-7-21)10-11-24-17-28(32)27(29(33)18-24)15-13-23-12-14-25-19-30(34)31(35)20-26(25)16-23/h6-9,12,14,16-20H,2-5,10-11H2,1H3. The second-order valence-corrected chi connectivity index (χ2v) is 8.79. The summed E-state index contributed by atoms with van der Waals surface area (Å²) in [7, 11) is 0. The van der Waals surface area contributed by atoms with Crippen LogP contribution in [0.1, 0.15) is 54.0 Å². The first-order valence-corrected chi connectivity index (χ1v) is 11.9. The van der Waals surface area contributed by atoms with Crippen LogP contribution in [-0.4, -0.2) is 0 Å². The summed E-state index contributed by atoms with van der Waals surface area (Å²) in [6.07, 6.45) is 5.88. The van der Waals surface area contributed by atoms with Gasteiger partial charge in [0.1, 0.15) is 11.6 Å². The summed E-state index contributed by atoms with van der Waals surface area (Å²) in [6.45, 7) is 2.19. The van der Waals surface area contributed by atoms with Gasteiger partial charge in [0.25, 0.3) is 0 Å². The zero-order valence-corrected chi connectivity index (χ0v) is 19.6. The molecule has 0 amide bonds. The Morgan fingerprint density at radius 1 is 0.543 bits per heavy atom. The fraction of sp³-hybridized carbons (Fsp3) is 0.226. The smallest absolute Gasteiger partial charge is 0.159 e. The van der Waals surface area contributed by atoms with Crippen LogP contribution in [0.3, 0.4) is 0 Å². The normalized spacial score (nSPS) is 10.9.